The molecule has 5 nitrogen and oxygen atoms in total. The molecule has 0 unspecified atom stereocenters. The van der Waals surface area contributed by atoms with Crippen LogP contribution in [0.2, 0.25) is 5.02 Å². The number of nitrogens with two attached hydrogens (primary N) is 1. The molecule has 0 spiro atoms. The van der Waals surface area contributed by atoms with E-state index in [1.54, 1.807) is 24.3 Å². The summed E-state index contributed by atoms with van der Waals surface area (Å²) in [6.07, 6.45) is 1.73. The van der Waals surface area contributed by atoms with E-state index in [9.17, 15) is 0 Å². The van der Waals surface area contributed by atoms with E-state index in [2.05, 4.69) is 4.98 Å². The monoisotopic (exact) mass is 304 g/mol. The van der Waals surface area contributed by atoms with Gasteiger partial charge in [-0.15, -0.1) is 0 Å². The van der Waals surface area contributed by atoms with Gasteiger partial charge in [0.25, 0.3) is 0 Å². The van der Waals surface area contributed by atoms with Crippen molar-refractivity contribution in [3.05, 3.63) is 52.7 Å². The fourth-order valence-corrected chi connectivity index (χ4v) is 2.18. The molecule has 3 N–H and O–H groups in total. The van der Waals surface area contributed by atoms with Crippen LogP contribution in [0.3, 0.4) is 0 Å². The topological polar surface area (TPSA) is 75.2 Å². The summed E-state index contributed by atoms with van der Waals surface area (Å²) < 4.78 is 5.32. The molecule has 2 aromatic rings. The van der Waals surface area contributed by atoms with E-state index in [0.717, 1.165) is 11.1 Å². The Kier molecular flexibility index (Phi) is 4.65. The van der Waals surface area contributed by atoms with Crippen molar-refractivity contribution in [2.24, 2.45) is 5.73 Å². The van der Waals surface area contributed by atoms with Crippen LogP contribution >= 0.6 is 11.6 Å². The van der Waals surface area contributed by atoms with E-state index < -0.39 is 0 Å². The summed E-state index contributed by atoms with van der Waals surface area (Å²) in [5.74, 6) is 1.14. The van der Waals surface area contributed by atoms with Crippen LogP contribution in [0.1, 0.15) is 11.1 Å². The van der Waals surface area contributed by atoms with Gasteiger partial charge in [-0.25, -0.2) is 4.98 Å². The molecule has 0 atom stereocenters. The number of guanidine groups is 1. The van der Waals surface area contributed by atoms with Crippen LogP contribution in [-0.2, 0) is 6.54 Å². The van der Waals surface area contributed by atoms with E-state index in [0.29, 0.717) is 23.1 Å². The predicted octanol–water partition coefficient (Wildman–Crippen LogP) is 2.95. The predicted molar refractivity (Wildman–Crippen MR) is 85.1 cm³/mol. The molecule has 2 rings (SSSR count). The second-order valence-corrected chi connectivity index (χ2v) is 4.99. The lowest BCUT2D eigenvalue weighted by molar-refractivity contribution is 0.410. The van der Waals surface area contributed by atoms with Crippen molar-refractivity contribution in [1.82, 2.24) is 4.98 Å². The summed E-state index contributed by atoms with van der Waals surface area (Å²) in [7, 11) is 1.58. The molecule has 1 heterocycles. The number of rotatable bonds is 4. The minimum Gasteiger partial charge on any atom is -0.496 e. The van der Waals surface area contributed by atoms with Gasteiger partial charge in [0.05, 0.1) is 13.7 Å². The summed E-state index contributed by atoms with van der Waals surface area (Å²) in [4.78, 5) is 5.87. The van der Waals surface area contributed by atoms with E-state index >= 15 is 0 Å². The number of pyridine rings is 1. The number of benzene rings is 1. The number of nitrogens with zero attached hydrogens (tertiary/aromatic N) is 2. The average Bonchev–Trinajstić information content (AvgIpc) is 2.46. The van der Waals surface area contributed by atoms with Gasteiger partial charge in [0.1, 0.15) is 11.6 Å². The van der Waals surface area contributed by atoms with E-state index in [1.165, 1.54) is 0 Å². The summed E-state index contributed by atoms with van der Waals surface area (Å²) in [6, 6.07) is 9.15. The van der Waals surface area contributed by atoms with E-state index in [1.807, 2.05) is 31.2 Å². The summed E-state index contributed by atoms with van der Waals surface area (Å²) in [6.45, 7) is 2.26. The molecule has 1 aromatic heterocycles. The zero-order valence-electron chi connectivity index (χ0n) is 11.9. The lowest BCUT2D eigenvalue weighted by Gasteiger charge is -2.23. The average molecular weight is 305 g/mol. The van der Waals surface area contributed by atoms with Gasteiger partial charge in [0.15, 0.2) is 5.96 Å². The Morgan fingerprint density at radius 1 is 1.38 bits per heavy atom. The fourth-order valence-electron chi connectivity index (χ4n) is 1.95. The van der Waals surface area contributed by atoms with Crippen molar-refractivity contribution in [3.63, 3.8) is 0 Å². The fraction of sp³-hybridized carbons (Fsp3) is 0.200. The molecular formula is C15H17ClN4O. The van der Waals surface area contributed by atoms with Crippen LogP contribution in [0.4, 0.5) is 5.82 Å². The molecule has 0 bridgehead atoms. The highest BCUT2D eigenvalue weighted by molar-refractivity contribution is 6.31. The number of nitrogens with one attached hydrogen (secondary N) is 1. The Morgan fingerprint density at radius 2 is 2.14 bits per heavy atom. The van der Waals surface area contributed by atoms with Crippen molar-refractivity contribution in [3.8, 4) is 5.75 Å². The SMILES string of the molecule is COc1cccc(Cl)c1CN(C(=N)N)c1ccc(C)cn1. The lowest BCUT2D eigenvalue weighted by Crippen LogP contribution is -2.36. The third kappa shape index (κ3) is 3.44. The second kappa shape index (κ2) is 6.45. The van der Waals surface area contributed by atoms with Crippen LogP contribution in [-0.4, -0.2) is 18.1 Å². The van der Waals surface area contributed by atoms with Crippen LogP contribution < -0.4 is 15.4 Å². The molecule has 0 fully saturated rings. The van der Waals surface area contributed by atoms with Gasteiger partial charge in [-0.3, -0.25) is 10.3 Å². The van der Waals surface area contributed by atoms with Crippen molar-refractivity contribution >= 4 is 23.4 Å². The molecule has 0 amide bonds. The molecule has 0 aliphatic carbocycles. The molecule has 21 heavy (non-hydrogen) atoms. The highest BCUT2D eigenvalue weighted by Crippen LogP contribution is 2.28. The zero-order valence-corrected chi connectivity index (χ0v) is 12.7. The maximum absolute atomic E-state index is 7.77. The Balaban J connectivity index is 2.38. The molecule has 0 aliphatic heterocycles. The van der Waals surface area contributed by atoms with Crippen LogP contribution in [0, 0.1) is 12.3 Å². The minimum absolute atomic E-state index is 0.103. The molecule has 0 saturated heterocycles. The third-order valence-corrected chi connectivity index (χ3v) is 3.43. The number of halogens is 1. The quantitative estimate of drug-likeness (QED) is 0.672. The number of ether oxygens (including phenoxy) is 1. The molecule has 0 saturated carbocycles. The van der Waals surface area contributed by atoms with Gasteiger partial charge in [-0.2, -0.15) is 0 Å². The van der Waals surface area contributed by atoms with Crippen LogP contribution in [0.15, 0.2) is 36.5 Å². The second-order valence-electron chi connectivity index (χ2n) is 4.59. The molecule has 6 heteroatoms. The first-order valence-electron chi connectivity index (χ1n) is 6.38. The lowest BCUT2D eigenvalue weighted by atomic mass is 10.2. The van der Waals surface area contributed by atoms with Gasteiger partial charge in [0.2, 0.25) is 0 Å². The number of hydrogen-bond donors (Lipinski definition) is 2. The highest BCUT2D eigenvalue weighted by atomic mass is 35.5. The standard InChI is InChI=1S/C15H17ClN4O/c1-10-6-7-14(19-8-10)20(15(17)18)9-11-12(16)4-3-5-13(11)21-2/h3-8H,9H2,1-2H3,(H3,17,18). The number of aromatic nitrogens is 1. The number of hydrogen-bond acceptors (Lipinski definition) is 3. The largest absolute Gasteiger partial charge is 0.496 e. The first kappa shape index (κ1) is 15.1. The van der Waals surface area contributed by atoms with Gasteiger partial charge in [-0.1, -0.05) is 23.7 Å². The van der Waals surface area contributed by atoms with Gasteiger partial charge in [-0.05, 0) is 30.7 Å². The van der Waals surface area contributed by atoms with Crippen molar-refractivity contribution in [2.75, 3.05) is 12.0 Å². The number of aryl methyl sites for hydroxylation is 1. The first-order chi connectivity index (χ1) is 10.0. The summed E-state index contributed by atoms with van der Waals surface area (Å²) >= 11 is 6.23. The van der Waals surface area contributed by atoms with Gasteiger partial charge < -0.3 is 10.5 Å². The van der Waals surface area contributed by atoms with Crippen LogP contribution in [0.25, 0.3) is 0 Å². The normalized spacial score (nSPS) is 10.2. The Hall–Kier alpha value is -2.27. The van der Waals surface area contributed by atoms with E-state index in [4.69, 9.17) is 27.5 Å². The number of methoxy groups -OCH3 is 1. The smallest absolute Gasteiger partial charge is 0.194 e. The molecule has 110 valence electrons. The molecule has 0 aliphatic rings. The van der Waals surface area contributed by atoms with E-state index in [-0.39, 0.29) is 5.96 Å². The summed E-state index contributed by atoms with van der Waals surface area (Å²) in [5.41, 5.74) is 7.48. The van der Waals surface area contributed by atoms with Crippen molar-refractivity contribution < 1.29 is 4.74 Å². The molecule has 1 aromatic carbocycles. The highest BCUT2D eigenvalue weighted by Gasteiger charge is 2.16. The van der Waals surface area contributed by atoms with Gasteiger partial charge >= 0.3 is 0 Å². The van der Waals surface area contributed by atoms with Crippen LogP contribution in [0.5, 0.6) is 5.75 Å². The first-order valence-corrected chi connectivity index (χ1v) is 6.76. The maximum atomic E-state index is 7.77. The van der Waals surface area contributed by atoms with Crippen molar-refractivity contribution in [2.45, 2.75) is 13.5 Å². The van der Waals surface area contributed by atoms with Gasteiger partial charge in [0, 0.05) is 16.8 Å². The Labute approximate surface area is 128 Å². The Bertz CT molecular complexity index is 643. The Morgan fingerprint density at radius 3 is 2.71 bits per heavy atom. The van der Waals surface area contributed by atoms with Crippen molar-refractivity contribution in [1.29, 1.82) is 5.41 Å². The number of anilines is 1. The summed E-state index contributed by atoms with van der Waals surface area (Å²) in [5, 5.41) is 8.33. The maximum Gasteiger partial charge on any atom is 0.194 e. The zero-order chi connectivity index (χ0) is 15.4. The molecular weight excluding hydrogens is 288 g/mol. The third-order valence-electron chi connectivity index (χ3n) is 3.08. The minimum atomic E-state index is -0.103. The molecule has 0 radical (unpaired) electrons.